The van der Waals surface area contributed by atoms with Gasteiger partial charge in [0.15, 0.2) is 0 Å². The fraction of sp³-hybridized carbons (Fsp3) is 0.296. The number of ether oxygens (including phenoxy) is 2. The number of rotatable bonds is 6. The number of pyridine rings is 1. The molecule has 1 aliphatic rings. The Balaban J connectivity index is 1.49. The van der Waals surface area contributed by atoms with Gasteiger partial charge in [-0.05, 0) is 61.4 Å². The zero-order valence-electron chi connectivity index (χ0n) is 20.3. The average molecular weight is 522 g/mol. The van der Waals surface area contributed by atoms with E-state index in [9.17, 15) is 9.59 Å². The molecule has 1 amide bonds. The summed E-state index contributed by atoms with van der Waals surface area (Å²) in [5, 5.41) is 5.99. The molecule has 0 spiro atoms. The standard InChI is InChI=1S/C27H27N3O4S2/c1-4-34-27(32)21-19(15-6-8-17(33-3)9-7-15)13-35-26(21)30-24(31)23-22(28)18-12-16-11-14(2)5-10-20(16)29-25(18)36-23/h6-9,12-14H,4-5,10-11,28H2,1-3H3,(H,30,31). The van der Waals surface area contributed by atoms with E-state index < -0.39 is 5.97 Å². The number of hydrogen-bond donors (Lipinski definition) is 2. The van der Waals surface area contributed by atoms with Crippen LogP contribution in [0.15, 0.2) is 35.7 Å². The number of nitrogens with zero attached hydrogens (tertiary/aromatic N) is 1. The van der Waals surface area contributed by atoms with Crippen LogP contribution in [-0.4, -0.2) is 30.6 Å². The summed E-state index contributed by atoms with van der Waals surface area (Å²) in [6.45, 7) is 4.22. The minimum Gasteiger partial charge on any atom is -0.497 e. The van der Waals surface area contributed by atoms with Crippen molar-refractivity contribution in [2.24, 2.45) is 5.92 Å². The van der Waals surface area contributed by atoms with Crippen LogP contribution in [-0.2, 0) is 17.6 Å². The highest BCUT2D eigenvalue weighted by Crippen LogP contribution is 2.39. The first-order chi connectivity index (χ1) is 17.4. The number of fused-ring (bicyclic) bond motifs is 2. The largest absolute Gasteiger partial charge is 0.497 e. The normalized spacial score (nSPS) is 14.9. The van der Waals surface area contributed by atoms with Crippen LogP contribution in [0.5, 0.6) is 5.75 Å². The first kappa shape index (κ1) is 24.3. The Bertz CT molecular complexity index is 1460. The van der Waals surface area contributed by atoms with Crippen molar-refractivity contribution in [2.45, 2.75) is 33.1 Å². The van der Waals surface area contributed by atoms with Gasteiger partial charge < -0.3 is 20.5 Å². The van der Waals surface area contributed by atoms with E-state index in [4.69, 9.17) is 20.2 Å². The number of carbonyl (C=O) groups is 2. The van der Waals surface area contributed by atoms with Gasteiger partial charge in [-0.25, -0.2) is 9.78 Å². The molecule has 7 nitrogen and oxygen atoms in total. The zero-order valence-corrected chi connectivity index (χ0v) is 22.0. The number of nitrogens with two attached hydrogens (primary N) is 1. The lowest BCUT2D eigenvalue weighted by Crippen LogP contribution is -2.15. The van der Waals surface area contributed by atoms with E-state index in [1.165, 1.54) is 28.2 Å². The van der Waals surface area contributed by atoms with Gasteiger partial charge in [0.1, 0.15) is 26.0 Å². The molecular weight excluding hydrogens is 494 g/mol. The van der Waals surface area contributed by atoms with Crippen molar-refractivity contribution in [2.75, 3.05) is 24.8 Å². The number of anilines is 2. The minimum absolute atomic E-state index is 0.225. The molecule has 5 rings (SSSR count). The van der Waals surface area contributed by atoms with Crippen molar-refractivity contribution in [3.05, 3.63) is 57.4 Å². The SMILES string of the molecule is CCOC(=O)c1c(-c2ccc(OC)cc2)csc1NC(=O)c1sc2nc3c(cc2c1N)CC(C)CC3. The van der Waals surface area contributed by atoms with Crippen LogP contribution >= 0.6 is 22.7 Å². The molecule has 9 heteroatoms. The number of hydrogen-bond acceptors (Lipinski definition) is 8. The molecule has 0 bridgehead atoms. The first-order valence-electron chi connectivity index (χ1n) is 11.8. The van der Waals surface area contributed by atoms with E-state index in [2.05, 4.69) is 18.3 Å². The predicted molar refractivity (Wildman–Crippen MR) is 145 cm³/mol. The van der Waals surface area contributed by atoms with Gasteiger partial charge in [0.05, 0.1) is 19.4 Å². The number of esters is 1. The second kappa shape index (κ2) is 9.91. The number of thiophene rings is 2. The summed E-state index contributed by atoms with van der Waals surface area (Å²) in [4.78, 5) is 32.3. The lowest BCUT2D eigenvalue weighted by atomic mass is 9.87. The number of nitrogens with one attached hydrogen (secondary N) is 1. The van der Waals surface area contributed by atoms with Crippen LogP contribution in [0.1, 0.15) is 51.6 Å². The number of benzene rings is 1. The molecule has 0 saturated carbocycles. The maximum Gasteiger partial charge on any atom is 0.341 e. The average Bonchev–Trinajstić information content (AvgIpc) is 3.43. The van der Waals surface area contributed by atoms with Crippen LogP contribution in [0, 0.1) is 5.92 Å². The van der Waals surface area contributed by atoms with Gasteiger partial charge in [-0.1, -0.05) is 19.1 Å². The summed E-state index contributed by atoms with van der Waals surface area (Å²) < 4.78 is 10.6. The molecule has 1 unspecified atom stereocenters. The predicted octanol–water partition coefficient (Wildman–Crippen LogP) is 6.17. The van der Waals surface area contributed by atoms with Crippen molar-refractivity contribution < 1.29 is 19.1 Å². The van der Waals surface area contributed by atoms with Gasteiger partial charge in [-0.15, -0.1) is 22.7 Å². The summed E-state index contributed by atoms with van der Waals surface area (Å²) in [6.07, 6.45) is 3.03. The highest BCUT2D eigenvalue weighted by atomic mass is 32.1. The van der Waals surface area contributed by atoms with E-state index in [1.807, 2.05) is 29.6 Å². The highest BCUT2D eigenvalue weighted by Gasteiger charge is 2.26. The minimum atomic E-state index is -0.493. The second-order valence-electron chi connectivity index (χ2n) is 8.90. The van der Waals surface area contributed by atoms with Crippen LogP contribution in [0.4, 0.5) is 10.7 Å². The summed E-state index contributed by atoms with van der Waals surface area (Å²) >= 11 is 2.56. The van der Waals surface area contributed by atoms with Crippen molar-refractivity contribution in [3.8, 4) is 16.9 Å². The van der Waals surface area contributed by atoms with Gasteiger partial charge in [-0.2, -0.15) is 0 Å². The van der Waals surface area contributed by atoms with Gasteiger partial charge in [0.2, 0.25) is 0 Å². The summed E-state index contributed by atoms with van der Waals surface area (Å²) in [6, 6.07) is 9.48. The van der Waals surface area contributed by atoms with Crippen LogP contribution < -0.4 is 15.8 Å². The molecule has 36 heavy (non-hydrogen) atoms. The molecule has 1 atom stereocenters. The van der Waals surface area contributed by atoms with E-state index in [0.717, 1.165) is 40.7 Å². The van der Waals surface area contributed by atoms with E-state index in [-0.39, 0.29) is 12.5 Å². The molecular formula is C27H27N3O4S2. The molecule has 0 fully saturated rings. The maximum atomic E-state index is 13.4. The number of methoxy groups -OCH3 is 1. The van der Waals surface area contributed by atoms with Crippen molar-refractivity contribution in [3.63, 3.8) is 0 Å². The lowest BCUT2D eigenvalue weighted by molar-refractivity contribution is 0.0529. The monoisotopic (exact) mass is 521 g/mol. The molecule has 186 valence electrons. The van der Waals surface area contributed by atoms with Crippen molar-refractivity contribution >= 4 is 55.5 Å². The topological polar surface area (TPSA) is 104 Å². The quantitative estimate of drug-likeness (QED) is 0.294. The Morgan fingerprint density at radius 2 is 2.03 bits per heavy atom. The third-order valence-corrected chi connectivity index (χ3v) is 8.45. The second-order valence-corrected chi connectivity index (χ2v) is 10.8. The first-order valence-corrected chi connectivity index (χ1v) is 13.5. The summed E-state index contributed by atoms with van der Waals surface area (Å²) in [5.41, 5.74) is 11.0. The summed E-state index contributed by atoms with van der Waals surface area (Å²) in [7, 11) is 1.60. The Morgan fingerprint density at radius 1 is 1.25 bits per heavy atom. The molecule has 1 aliphatic carbocycles. The number of aromatic nitrogens is 1. The smallest absolute Gasteiger partial charge is 0.341 e. The molecule has 0 saturated heterocycles. The van der Waals surface area contributed by atoms with Crippen molar-refractivity contribution in [1.29, 1.82) is 0 Å². The summed E-state index contributed by atoms with van der Waals surface area (Å²) in [5.74, 6) is 0.465. The Labute approximate surface area is 217 Å². The molecule has 3 aromatic heterocycles. The number of nitrogen functional groups attached to an aromatic ring is 1. The van der Waals surface area contributed by atoms with E-state index in [1.54, 1.807) is 14.0 Å². The number of carbonyl (C=O) groups excluding carboxylic acids is 2. The molecule has 1 aromatic carbocycles. The van der Waals surface area contributed by atoms with Crippen LogP contribution in [0.3, 0.4) is 0 Å². The van der Waals surface area contributed by atoms with Crippen LogP contribution in [0.25, 0.3) is 21.3 Å². The van der Waals surface area contributed by atoms with Gasteiger partial charge in [-0.3, -0.25) is 4.79 Å². The highest BCUT2D eigenvalue weighted by molar-refractivity contribution is 7.21. The third-order valence-electron chi connectivity index (χ3n) is 6.44. The Kier molecular flexibility index (Phi) is 6.68. The fourth-order valence-corrected chi connectivity index (χ4v) is 6.48. The maximum absolute atomic E-state index is 13.4. The van der Waals surface area contributed by atoms with Crippen LogP contribution in [0.2, 0.25) is 0 Å². The number of aryl methyl sites for hydroxylation is 1. The van der Waals surface area contributed by atoms with E-state index >= 15 is 0 Å². The molecule has 3 N–H and O–H groups in total. The van der Waals surface area contributed by atoms with E-state index in [0.29, 0.717) is 38.4 Å². The number of amides is 1. The van der Waals surface area contributed by atoms with Gasteiger partial charge >= 0.3 is 5.97 Å². The third kappa shape index (κ3) is 4.44. The Morgan fingerprint density at radius 3 is 2.75 bits per heavy atom. The van der Waals surface area contributed by atoms with Crippen molar-refractivity contribution in [1.82, 2.24) is 4.98 Å². The molecule has 4 aromatic rings. The Hall–Kier alpha value is -3.43. The lowest BCUT2D eigenvalue weighted by Gasteiger charge is -2.20. The molecule has 3 heterocycles. The molecule has 0 aliphatic heterocycles. The zero-order chi connectivity index (χ0) is 25.4. The fourth-order valence-electron chi connectivity index (χ4n) is 4.54. The molecule has 0 radical (unpaired) electrons. The van der Waals surface area contributed by atoms with Gasteiger partial charge in [0.25, 0.3) is 5.91 Å². The van der Waals surface area contributed by atoms with Gasteiger partial charge in [0, 0.05) is 22.0 Å².